The number of benzene rings is 2. The molecule has 1 amide bonds. The van der Waals surface area contributed by atoms with Gasteiger partial charge in [-0.1, -0.05) is 26.0 Å². The Kier molecular flexibility index (Phi) is 6.84. The lowest BCUT2D eigenvalue weighted by atomic mass is 9.96. The number of anilines is 1. The monoisotopic (exact) mass is 376 g/mol. The van der Waals surface area contributed by atoms with Gasteiger partial charge in [0.15, 0.2) is 6.54 Å². The van der Waals surface area contributed by atoms with Crippen molar-refractivity contribution in [3.8, 4) is 5.75 Å². The summed E-state index contributed by atoms with van der Waals surface area (Å²) in [5.41, 5.74) is 1.03. The molecule has 0 aromatic heterocycles. The number of nitro benzene ring substituents is 1. The quantitative estimate of drug-likeness (QED) is 0.547. The third-order valence-corrected chi connectivity index (χ3v) is 4.20. The second-order valence-electron chi connectivity index (χ2n) is 6.45. The van der Waals surface area contributed by atoms with Crippen LogP contribution in [0.15, 0.2) is 42.5 Å². The molecule has 0 heterocycles. The molecule has 2 aromatic carbocycles. The van der Waals surface area contributed by atoms with Crippen LogP contribution in [0.3, 0.4) is 0 Å². The van der Waals surface area contributed by atoms with E-state index in [1.807, 2.05) is 19.2 Å². The molecule has 2 aromatic rings. The van der Waals surface area contributed by atoms with Crippen molar-refractivity contribution in [3.63, 3.8) is 0 Å². The van der Waals surface area contributed by atoms with E-state index in [0.29, 0.717) is 5.75 Å². The Hall–Kier alpha value is -3.00. The summed E-state index contributed by atoms with van der Waals surface area (Å²) in [5, 5.41) is 15.4. The van der Waals surface area contributed by atoms with Crippen LogP contribution < -0.4 is 15.4 Å². The van der Waals surface area contributed by atoms with E-state index in [2.05, 4.69) is 5.32 Å². The highest BCUT2D eigenvalue weighted by Crippen LogP contribution is 2.28. The van der Waals surface area contributed by atoms with Crippen molar-refractivity contribution in [2.45, 2.75) is 19.9 Å². The van der Waals surface area contributed by atoms with Crippen molar-refractivity contribution in [1.82, 2.24) is 0 Å². The number of nitrogens with zero attached hydrogens (tertiary/aromatic N) is 1. The summed E-state index contributed by atoms with van der Waals surface area (Å²) in [4.78, 5) is 22.7. The molecule has 0 unspecified atom stereocenters. The van der Waals surface area contributed by atoms with Gasteiger partial charge in [0.05, 0.1) is 17.7 Å². The van der Waals surface area contributed by atoms with Gasteiger partial charge in [0.2, 0.25) is 0 Å². The Balaban J connectivity index is 2.07. The zero-order valence-electron chi connectivity index (χ0n) is 15.4. The molecule has 2 rings (SSSR count). The van der Waals surface area contributed by atoms with E-state index in [-0.39, 0.29) is 41.6 Å². The van der Waals surface area contributed by atoms with E-state index in [1.165, 1.54) is 37.4 Å². The zero-order valence-corrected chi connectivity index (χ0v) is 15.4. The molecule has 0 saturated heterocycles. The van der Waals surface area contributed by atoms with Crippen LogP contribution in [0, 0.1) is 21.8 Å². The summed E-state index contributed by atoms with van der Waals surface area (Å²) < 4.78 is 18.3. The van der Waals surface area contributed by atoms with Gasteiger partial charge in [-0.3, -0.25) is 14.9 Å². The molecule has 0 radical (unpaired) electrons. The fourth-order valence-electron chi connectivity index (χ4n) is 2.82. The Morgan fingerprint density at radius 2 is 1.93 bits per heavy atom. The first-order chi connectivity index (χ1) is 12.8. The van der Waals surface area contributed by atoms with Gasteiger partial charge in [-0.2, -0.15) is 0 Å². The largest absolute Gasteiger partial charge is 0.495 e. The number of ether oxygens (including phenoxy) is 1. The van der Waals surface area contributed by atoms with Gasteiger partial charge in [0.25, 0.3) is 11.6 Å². The molecule has 0 fully saturated rings. The number of nitro groups is 1. The van der Waals surface area contributed by atoms with Gasteiger partial charge in [-0.25, -0.2) is 4.39 Å². The van der Waals surface area contributed by atoms with Crippen molar-refractivity contribution < 1.29 is 24.2 Å². The highest BCUT2D eigenvalue weighted by molar-refractivity contribution is 5.93. The van der Waals surface area contributed by atoms with E-state index >= 15 is 0 Å². The van der Waals surface area contributed by atoms with Gasteiger partial charge in [-0.05, 0) is 18.2 Å². The van der Waals surface area contributed by atoms with Gasteiger partial charge >= 0.3 is 0 Å². The average Bonchev–Trinajstić information content (AvgIpc) is 2.63. The van der Waals surface area contributed by atoms with Crippen LogP contribution in [0.5, 0.6) is 5.75 Å². The first-order valence-corrected chi connectivity index (χ1v) is 8.53. The minimum absolute atomic E-state index is 0.0247. The standard InChI is InChI=1S/C19H22FN3O4/c1-12(2)19(13-4-6-14(20)7-5-13)21-11-18(24)22-16-10-15(23(25)26)8-9-17(16)27-3/h4-10,12,19,21H,11H2,1-3H3,(H,22,24)/p+1/t19-/m0/s1. The van der Waals surface area contributed by atoms with E-state index < -0.39 is 4.92 Å². The molecular formula is C19H23FN3O4+. The predicted octanol–water partition coefficient (Wildman–Crippen LogP) is 2.64. The predicted molar refractivity (Wildman–Crippen MR) is 99.0 cm³/mol. The van der Waals surface area contributed by atoms with Crippen LogP contribution >= 0.6 is 0 Å². The lowest BCUT2D eigenvalue weighted by molar-refractivity contribution is -0.692. The molecule has 1 atom stereocenters. The molecule has 0 aliphatic carbocycles. The first-order valence-electron chi connectivity index (χ1n) is 8.53. The van der Waals surface area contributed by atoms with E-state index in [9.17, 15) is 19.3 Å². The van der Waals surface area contributed by atoms with Crippen LogP contribution in [0.1, 0.15) is 25.5 Å². The van der Waals surface area contributed by atoms with Crippen LogP contribution in [0.25, 0.3) is 0 Å². The molecule has 8 heteroatoms. The number of non-ortho nitro benzene ring substituents is 1. The minimum atomic E-state index is -0.537. The molecule has 0 aliphatic heterocycles. The van der Waals surface area contributed by atoms with Crippen LogP contribution in [0.4, 0.5) is 15.8 Å². The molecule has 27 heavy (non-hydrogen) atoms. The molecule has 0 spiro atoms. The van der Waals surface area contributed by atoms with Crippen molar-refractivity contribution >= 4 is 17.3 Å². The van der Waals surface area contributed by atoms with Gasteiger partial charge in [0, 0.05) is 23.6 Å². The second kappa shape index (κ2) is 9.09. The van der Waals surface area contributed by atoms with Gasteiger partial charge < -0.3 is 15.4 Å². The van der Waals surface area contributed by atoms with Crippen molar-refractivity contribution in [2.24, 2.45) is 5.92 Å². The maximum absolute atomic E-state index is 13.1. The number of carbonyl (C=O) groups is 1. The topological polar surface area (TPSA) is 98.1 Å². The number of carbonyl (C=O) groups excluding carboxylic acids is 1. The Morgan fingerprint density at radius 1 is 1.26 bits per heavy atom. The van der Waals surface area contributed by atoms with Gasteiger partial charge in [-0.15, -0.1) is 0 Å². The van der Waals surface area contributed by atoms with E-state index in [1.54, 1.807) is 12.1 Å². The van der Waals surface area contributed by atoms with Crippen LogP contribution in [0.2, 0.25) is 0 Å². The third-order valence-electron chi connectivity index (χ3n) is 4.20. The lowest BCUT2D eigenvalue weighted by Crippen LogP contribution is -2.88. The Bertz CT molecular complexity index is 809. The highest BCUT2D eigenvalue weighted by Gasteiger charge is 2.21. The highest BCUT2D eigenvalue weighted by atomic mass is 19.1. The molecule has 0 saturated carbocycles. The number of methoxy groups -OCH3 is 1. The number of quaternary nitrogens is 1. The number of rotatable bonds is 8. The summed E-state index contributed by atoms with van der Waals surface area (Å²) in [7, 11) is 1.42. The summed E-state index contributed by atoms with van der Waals surface area (Å²) in [6.07, 6.45) is 0. The first kappa shape index (κ1) is 20.3. The number of amides is 1. The van der Waals surface area contributed by atoms with Crippen LogP contribution in [-0.4, -0.2) is 24.5 Å². The molecule has 0 aliphatic rings. The number of hydrogen-bond acceptors (Lipinski definition) is 4. The summed E-state index contributed by atoms with van der Waals surface area (Å²) in [6.45, 7) is 4.14. The zero-order chi connectivity index (χ0) is 20.0. The maximum atomic E-state index is 13.1. The molecule has 3 N–H and O–H groups in total. The average molecular weight is 376 g/mol. The SMILES string of the molecule is COc1ccc([N+](=O)[O-])cc1NC(=O)C[NH2+][C@H](c1ccc(F)cc1)C(C)C. The molecule has 7 nitrogen and oxygen atoms in total. The van der Waals surface area contributed by atoms with Crippen molar-refractivity contribution in [3.05, 3.63) is 64.0 Å². The summed E-state index contributed by atoms with van der Waals surface area (Å²) in [5.74, 6) is -0.0678. The third kappa shape index (κ3) is 5.49. The van der Waals surface area contributed by atoms with Crippen LogP contribution in [-0.2, 0) is 4.79 Å². The Morgan fingerprint density at radius 3 is 2.48 bits per heavy atom. The molecule has 0 bridgehead atoms. The number of hydrogen-bond donors (Lipinski definition) is 2. The lowest BCUT2D eigenvalue weighted by Gasteiger charge is -2.19. The maximum Gasteiger partial charge on any atom is 0.279 e. The minimum Gasteiger partial charge on any atom is -0.495 e. The van der Waals surface area contributed by atoms with Crippen molar-refractivity contribution in [2.75, 3.05) is 19.0 Å². The molecular weight excluding hydrogens is 353 g/mol. The summed E-state index contributed by atoms with van der Waals surface area (Å²) >= 11 is 0. The van der Waals surface area contributed by atoms with Gasteiger partial charge in [0.1, 0.15) is 17.6 Å². The van der Waals surface area contributed by atoms with E-state index in [0.717, 1.165) is 5.56 Å². The number of nitrogens with two attached hydrogens (primary N) is 1. The van der Waals surface area contributed by atoms with E-state index in [4.69, 9.17) is 4.74 Å². The Labute approximate surface area is 156 Å². The number of halogens is 1. The smallest absolute Gasteiger partial charge is 0.279 e. The van der Waals surface area contributed by atoms with Crippen molar-refractivity contribution in [1.29, 1.82) is 0 Å². The summed E-state index contributed by atoms with van der Waals surface area (Å²) in [6, 6.07) is 10.2. The normalized spacial score (nSPS) is 11.9. The fraction of sp³-hybridized carbons (Fsp3) is 0.316. The fourth-order valence-corrected chi connectivity index (χ4v) is 2.82. The molecule has 144 valence electrons. The second-order valence-corrected chi connectivity index (χ2v) is 6.45. The number of nitrogens with one attached hydrogen (secondary N) is 1.